The molecule has 0 aromatic rings. The lowest BCUT2D eigenvalue weighted by molar-refractivity contribution is 0.00331. The van der Waals surface area contributed by atoms with Crippen LogP contribution in [0.15, 0.2) is 0 Å². The van der Waals surface area contributed by atoms with Gasteiger partial charge in [0.2, 0.25) is 0 Å². The SMILES string of the molecule is CNCCOC1CCC#CC(F)(F)CC1. The van der Waals surface area contributed by atoms with Gasteiger partial charge in [-0.1, -0.05) is 5.92 Å². The van der Waals surface area contributed by atoms with Crippen LogP contribution < -0.4 is 5.32 Å². The van der Waals surface area contributed by atoms with Gasteiger partial charge in [-0.2, -0.15) is 8.78 Å². The largest absolute Gasteiger partial charge is 0.377 e. The first-order valence-electron chi connectivity index (χ1n) is 5.28. The smallest absolute Gasteiger partial charge is 0.308 e. The fourth-order valence-corrected chi connectivity index (χ4v) is 1.47. The molecule has 0 bridgehead atoms. The highest BCUT2D eigenvalue weighted by atomic mass is 19.3. The summed E-state index contributed by atoms with van der Waals surface area (Å²) in [7, 11) is 1.83. The highest BCUT2D eigenvalue weighted by molar-refractivity contribution is 5.10. The first kappa shape index (κ1) is 12.4. The van der Waals surface area contributed by atoms with Gasteiger partial charge in [-0.25, -0.2) is 0 Å². The van der Waals surface area contributed by atoms with Crippen molar-refractivity contribution >= 4 is 0 Å². The lowest BCUT2D eigenvalue weighted by atomic mass is 10.0. The van der Waals surface area contributed by atoms with Crippen LogP contribution in [0.25, 0.3) is 0 Å². The van der Waals surface area contributed by atoms with Gasteiger partial charge in [0.1, 0.15) is 0 Å². The van der Waals surface area contributed by atoms with E-state index in [0.717, 1.165) is 13.0 Å². The molecule has 0 aromatic heterocycles. The number of hydrogen-bond acceptors (Lipinski definition) is 2. The summed E-state index contributed by atoms with van der Waals surface area (Å²) in [5, 5.41) is 2.95. The maximum atomic E-state index is 13.0. The Bertz CT molecular complexity index is 245. The Balaban J connectivity index is 2.34. The van der Waals surface area contributed by atoms with Crippen molar-refractivity contribution in [1.29, 1.82) is 0 Å². The van der Waals surface area contributed by atoms with Crippen LogP contribution in [0.4, 0.5) is 8.78 Å². The predicted octanol–water partition coefficient (Wildman–Crippen LogP) is 1.80. The predicted molar refractivity (Wildman–Crippen MR) is 54.9 cm³/mol. The van der Waals surface area contributed by atoms with E-state index in [1.54, 1.807) is 0 Å². The molecule has 0 spiro atoms. The monoisotopic (exact) mass is 217 g/mol. The molecule has 0 aliphatic heterocycles. The summed E-state index contributed by atoms with van der Waals surface area (Å²) in [6.45, 7) is 1.32. The number of hydrogen-bond donors (Lipinski definition) is 1. The maximum Gasteiger partial charge on any atom is 0.308 e. The molecule has 1 aliphatic rings. The number of rotatable bonds is 4. The molecule has 0 fully saturated rings. The zero-order chi connectivity index (χ0) is 11.1. The average Bonchev–Trinajstić information content (AvgIpc) is 2.17. The van der Waals surface area contributed by atoms with Gasteiger partial charge >= 0.3 is 5.92 Å². The number of halogens is 2. The van der Waals surface area contributed by atoms with Gasteiger partial charge in [0.15, 0.2) is 0 Å². The minimum atomic E-state index is -2.83. The number of likely N-dealkylation sites (N-methyl/N-ethyl adjacent to an activating group) is 1. The summed E-state index contributed by atoms with van der Waals surface area (Å²) >= 11 is 0. The fourth-order valence-electron chi connectivity index (χ4n) is 1.47. The second-order valence-corrected chi connectivity index (χ2v) is 3.68. The summed E-state index contributed by atoms with van der Waals surface area (Å²) in [6.07, 6.45) is 1.39. The molecular formula is C11H17F2NO. The van der Waals surface area contributed by atoms with Crippen LogP contribution in [0, 0.1) is 11.8 Å². The van der Waals surface area contributed by atoms with Crippen molar-refractivity contribution in [2.45, 2.75) is 37.7 Å². The van der Waals surface area contributed by atoms with Crippen molar-refractivity contribution < 1.29 is 13.5 Å². The normalized spacial score (nSPS) is 24.9. The first-order chi connectivity index (χ1) is 7.14. The van der Waals surface area contributed by atoms with Crippen molar-refractivity contribution in [3.05, 3.63) is 0 Å². The van der Waals surface area contributed by atoms with Crippen LogP contribution in [-0.2, 0) is 4.74 Å². The molecule has 1 unspecified atom stereocenters. The second kappa shape index (κ2) is 6.04. The number of ether oxygens (including phenoxy) is 1. The molecule has 86 valence electrons. The molecule has 2 nitrogen and oxygen atoms in total. The summed E-state index contributed by atoms with van der Waals surface area (Å²) < 4.78 is 31.4. The van der Waals surface area contributed by atoms with Crippen LogP contribution >= 0.6 is 0 Å². The van der Waals surface area contributed by atoms with E-state index in [-0.39, 0.29) is 12.5 Å². The van der Waals surface area contributed by atoms with Crippen molar-refractivity contribution in [3.63, 3.8) is 0 Å². The zero-order valence-electron chi connectivity index (χ0n) is 8.98. The Morgan fingerprint density at radius 3 is 3.00 bits per heavy atom. The quantitative estimate of drug-likeness (QED) is 0.572. The summed E-state index contributed by atoms with van der Waals surface area (Å²) in [6, 6.07) is 0. The van der Waals surface area contributed by atoms with Crippen LogP contribution in [0.1, 0.15) is 25.7 Å². The molecule has 15 heavy (non-hydrogen) atoms. The van der Waals surface area contributed by atoms with E-state index in [0.29, 0.717) is 19.4 Å². The maximum absolute atomic E-state index is 13.0. The average molecular weight is 217 g/mol. The van der Waals surface area contributed by atoms with E-state index < -0.39 is 5.92 Å². The molecule has 0 amide bonds. The summed E-state index contributed by atoms with van der Waals surface area (Å²) in [4.78, 5) is 0. The topological polar surface area (TPSA) is 21.3 Å². The standard InChI is InChI=1S/C11H17F2NO/c1-14-8-9-15-10-4-2-3-6-11(12,13)7-5-10/h10,14H,2,4-5,7-9H2,1H3. The molecule has 1 N–H and O–H groups in total. The molecule has 4 heteroatoms. The van der Waals surface area contributed by atoms with Crippen molar-refractivity contribution in [3.8, 4) is 11.8 Å². The molecule has 0 heterocycles. The zero-order valence-corrected chi connectivity index (χ0v) is 8.98. The number of alkyl halides is 2. The van der Waals surface area contributed by atoms with E-state index in [2.05, 4.69) is 11.2 Å². The van der Waals surface area contributed by atoms with E-state index in [1.807, 2.05) is 13.0 Å². The number of nitrogens with one attached hydrogen (secondary N) is 1. The summed E-state index contributed by atoms with van der Waals surface area (Å²) in [5.74, 6) is 1.67. The Morgan fingerprint density at radius 1 is 1.47 bits per heavy atom. The molecule has 0 aromatic carbocycles. The van der Waals surface area contributed by atoms with Gasteiger partial charge in [0.05, 0.1) is 12.7 Å². The Kier molecular flexibility index (Phi) is 5.00. The van der Waals surface area contributed by atoms with Crippen LogP contribution in [0.2, 0.25) is 0 Å². The van der Waals surface area contributed by atoms with Crippen molar-refractivity contribution in [2.24, 2.45) is 0 Å². The highest BCUT2D eigenvalue weighted by Crippen LogP contribution is 2.24. The molecule has 1 rings (SSSR count). The van der Waals surface area contributed by atoms with Gasteiger partial charge in [0, 0.05) is 19.4 Å². The Hall–Kier alpha value is -0.660. The van der Waals surface area contributed by atoms with Crippen molar-refractivity contribution in [2.75, 3.05) is 20.2 Å². The molecule has 1 aliphatic carbocycles. The third-order valence-corrected chi connectivity index (χ3v) is 2.35. The minimum absolute atomic E-state index is 0.0705. The third kappa shape index (κ3) is 5.10. The van der Waals surface area contributed by atoms with Crippen LogP contribution in [-0.4, -0.2) is 32.2 Å². The van der Waals surface area contributed by atoms with Gasteiger partial charge < -0.3 is 10.1 Å². The van der Waals surface area contributed by atoms with Crippen LogP contribution in [0.5, 0.6) is 0 Å². The molecule has 0 radical (unpaired) electrons. The third-order valence-electron chi connectivity index (χ3n) is 2.35. The Morgan fingerprint density at radius 2 is 2.27 bits per heavy atom. The van der Waals surface area contributed by atoms with E-state index in [9.17, 15) is 8.78 Å². The van der Waals surface area contributed by atoms with Gasteiger partial charge in [-0.15, -0.1) is 0 Å². The van der Waals surface area contributed by atoms with Gasteiger partial charge in [-0.3, -0.25) is 0 Å². The van der Waals surface area contributed by atoms with Crippen molar-refractivity contribution in [1.82, 2.24) is 5.32 Å². The van der Waals surface area contributed by atoms with Crippen LogP contribution in [0.3, 0.4) is 0 Å². The first-order valence-corrected chi connectivity index (χ1v) is 5.28. The van der Waals surface area contributed by atoms with E-state index in [4.69, 9.17) is 4.74 Å². The highest BCUT2D eigenvalue weighted by Gasteiger charge is 2.28. The fraction of sp³-hybridized carbons (Fsp3) is 0.818. The lowest BCUT2D eigenvalue weighted by Crippen LogP contribution is -2.24. The Labute approximate surface area is 89.4 Å². The minimum Gasteiger partial charge on any atom is -0.377 e. The van der Waals surface area contributed by atoms with E-state index >= 15 is 0 Å². The summed E-state index contributed by atoms with van der Waals surface area (Å²) in [5.41, 5.74) is 0. The molecular weight excluding hydrogens is 200 g/mol. The molecule has 0 saturated carbocycles. The molecule has 0 saturated heterocycles. The van der Waals surface area contributed by atoms with Gasteiger partial charge in [-0.05, 0) is 25.8 Å². The van der Waals surface area contributed by atoms with Gasteiger partial charge in [0.25, 0.3) is 0 Å². The second-order valence-electron chi connectivity index (χ2n) is 3.68. The lowest BCUT2D eigenvalue weighted by Gasteiger charge is -2.20. The molecule has 1 atom stereocenters. The van der Waals surface area contributed by atoms with E-state index in [1.165, 1.54) is 0 Å².